The Kier molecular flexibility index (Phi) is 8.85. The van der Waals surface area contributed by atoms with Gasteiger partial charge in [-0.05, 0) is 55.8 Å². The van der Waals surface area contributed by atoms with E-state index in [1.54, 1.807) is 12.1 Å². The third-order valence-corrected chi connectivity index (χ3v) is 5.03. The number of benzene rings is 1. The predicted molar refractivity (Wildman–Crippen MR) is 112 cm³/mol. The molecular formula is C20H24ClNO6S. The molecule has 1 saturated heterocycles. The molecular weight excluding hydrogens is 418 g/mol. The van der Waals surface area contributed by atoms with Gasteiger partial charge in [0.25, 0.3) is 11.1 Å². The minimum atomic E-state index is -0.607. The van der Waals surface area contributed by atoms with Crippen LogP contribution in [0.1, 0.15) is 39.2 Å². The number of rotatable bonds is 10. The van der Waals surface area contributed by atoms with E-state index in [4.69, 9.17) is 25.8 Å². The quantitative estimate of drug-likeness (QED) is 0.300. The number of esters is 1. The Labute approximate surface area is 179 Å². The van der Waals surface area contributed by atoms with Crippen molar-refractivity contribution in [3.8, 4) is 11.5 Å². The molecule has 1 aliphatic heterocycles. The molecule has 158 valence electrons. The maximum atomic E-state index is 12.6. The van der Waals surface area contributed by atoms with Crippen molar-refractivity contribution in [2.75, 3.05) is 26.4 Å². The van der Waals surface area contributed by atoms with Crippen LogP contribution in [0.25, 0.3) is 6.08 Å². The van der Waals surface area contributed by atoms with Crippen molar-refractivity contribution >= 4 is 46.6 Å². The van der Waals surface area contributed by atoms with Gasteiger partial charge < -0.3 is 14.2 Å². The van der Waals surface area contributed by atoms with Gasteiger partial charge in [-0.2, -0.15) is 0 Å². The summed E-state index contributed by atoms with van der Waals surface area (Å²) in [6.07, 6.45) is 3.15. The van der Waals surface area contributed by atoms with Crippen LogP contribution in [0.2, 0.25) is 5.02 Å². The lowest BCUT2D eigenvalue weighted by Gasteiger charge is -2.13. The number of hydrogen-bond acceptors (Lipinski definition) is 7. The van der Waals surface area contributed by atoms with Crippen LogP contribution in [-0.4, -0.2) is 48.4 Å². The summed E-state index contributed by atoms with van der Waals surface area (Å²) in [4.78, 5) is 37.7. The van der Waals surface area contributed by atoms with Gasteiger partial charge in [0.1, 0.15) is 6.54 Å². The molecule has 2 amide bonds. The van der Waals surface area contributed by atoms with Crippen molar-refractivity contribution in [3.05, 3.63) is 27.6 Å². The van der Waals surface area contributed by atoms with Crippen LogP contribution in [0, 0.1) is 0 Å². The largest absolute Gasteiger partial charge is 0.490 e. The third-order valence-electron chi connectivity index (χ3n) is 3.84. The molecule has 0 spiro atoms. The molecule has 0 aromatic heterocycles. The molecule has 1 aliphatic rings. The highest BCUT2D eigenvalue weighted by Crippen LogP contribution is 2.39. The van der Waals surface area contributed by atoms with Gasteiger partial charge in [0, 0.05) is 0 Å². The highest BCUT2D eigenvalue weighted by atomic mass is 35.5. The molecule has 9 heteroatoms. The Bertz CT molecular complexity index is 810. The van der Waals surface area contributed by atoms with Crippen molar-refractivity contribution in [3.63, 3.8) is 0 Å². The number of thioether (sulfide) groups is 1. The van der Waals surface area contributed by atoms with Crippen molar-refractivity contribution < 1.29 is 28.6 Å². The molecule has 0 bridgehead atoms. The van der Waals surface area contributed by atoms with E-state index in [0.717, 1.165) is 29.5 Å². The van der Waals surface area contributed by atoms with E-state index in [1.165, 1.54) is 6.08 Å². The fourth-order valence-corrected chi connectivity index (χ4v) is 3.62. The molecule has 1 heterocycles. The third kappa shape index (κ3) is 6.14. The van der Waals surface area contributed by atoms with Gasteiger partial charge in [0.2, 0.25) is 0 Å². The maximum Gasteiger partial charge on any atom is 0.326 e. The van der Waals surface area contributed by atoms with E-state index in [1.807, 2.05) is 20.8 Å². The summed E-state index contributed by atoms with van der Waals surface area (Å²) in [6.45, 7) is 6.35. The van der Waals surface area contributed by atoms with E-state index in [0.29, 0.717) is 35.3 Å². The molecule has 0 radical (unpaired) electrons. The van der Waals surface area contributed by atoms with Crippen molar-refractivity contribution in [1.29, 1.82) is 0 Å². The number of carbonyl (C=O) groups excluding carboxylic acids is 3. The highest BCUT2D eigenvalue weighted by Gasteiger charge is 2.36. The lowest BCUT2D eigenvalue weighted by Crippen LogP contribution is -2.34. The van der Waals surface area contributed by atoms with Crippen LogP contribution in [0.3, 0.4) is 0 Å². The van der Waals surface area contributed by atoms with Crippen molar-refractivity contribution in [2.45, 2.75) is 33.6 Å². The van der Waals surface area contributed by atoms with E-state index >= 15 is 0 Å². The Balaban J connectivity index is 2.19. The molecule has 1 aromatic carbocycles. The van der Waals surface area contributed by atoms with E-state index in [2.05, 4.69) is 0 Å². The van der Waals surface area contributed by atoms with Gasteiger partial charge >= 0.3 is 5.97 Å². The van der Waals surface area contributed by atoms with Crippen LogP contribution in [0.4, 0.5) is 4.79 Å². The van der Waals surface area contributed by atoms with Gasteiger partial charge in [-0.15, -0.1) is 0 Å². The maximum absolute atomic E-state index is 12.6. The van der Waals surface area contributed by atoms with E-state index in [-0.39, 0.29) is 11.5 Å². The van der Waals surface area contributed by atoms with Crippen LogP contribution in [0.5, 0.6) is 11.5 Å². The zero-order valence-electron chi connectivity index (χ0n) is 16.7. The molecule has 0 aliphatic carbocycles. The Hall–Kier alpha value is -2.19. The minimum absolute atomic E-state index is 0.194. The number of ether oxygens (including phenoxy) is 3. The number of imide groups is 1. The molecule has 0 N–H and O–H groups in total. The zero-order chi connectivity index (χ0) is 21.4. The summed E-state index contributed by atoms with van der Waals surface area (Å²) in [6, 6.07) is 3.31. The lowest BCUT2D eigenvalue weighted by molar-refractivity contribution is -0.146. The van der Waals surface area contributed by atoms with Gasteiger partial charge in [0.15, 0.2) is 11.5 Å². The lowest BCUT2D eigenvalue weighted by atomic mass is 10.1. The Morgan fingerprint density at radius 3 is 2.55 bits per heavy atom. The highest BCUT2D eigenvalue weighted by molar-refractivity contribution is 8.18. The van der Waals surface area contributed by atoms with Gasteiger partial charge in [-0.25, -0.2) is 0 Å². The predicted octanol–water partition coefficient (Wildman–Crippen LogP) is 4.52. The number of carbonyl (C=O) groups is 3. The zero-order valence-corrected chi connectivity index (χ0v) is 18.2. The van der Waals surface area contributed by atoms with Gasteiger partial charge in [0.05, 0.1) is 29.7 Å². The number of hydrogen-bond donors (Lipinski definition) is 0. The molecule has 2 rings (SSSR count). The first-order valence-electron chi connectivity index (χ1n) is 9.41. The number of unbranched alkanes of at least 4 members (excludes halogenated alkanes) is 1. The molecule has 1 aromatic rings. The summed E-state index contributed by atoms with van der Waals surface area (Å²) in [5, 5.41) is -0.182. The second-order valence-corrected chi connectivity index (χ2v) is 7.44. The normalized spacial score (nSPS) is 15.2. The Morgan fingerprint density at radius 2 is 1.90 bits per heavy atom. The van der Waals surface area contributed by atoms with Crippen LogP contribution in [0.15, 0.2) is 17.0 Å². The monoisotopic (exact) mass is 441 g/mol. The first-order valence-corrected chi connectivity index (χ1v) is 10.6. The molecule has 1 fully saturated rings. The summed E-state index contributed by atoms with van der Waals surface area (Å²) < 4.78 is 16.1. The van der Waals surface area contributed by atoms with Crippen molar-refractivity contribution in [2.24, 2.45) is 0 Å². The van der Waals surface area contributed by atoms with Crippen molar-refractivity contribution in [1.82, 2.24) is 4.90 Å². The van der Waals surface area contributed by atoms with E-state index in [9.17, 15) is 14.4 Å². The molecule has 0 atom stereocenters. The molecule has 29 heavy (non-hydrogen) atoms. The fraction of sp³-hybridized carbons (Fsp3) is 0.450. The molecule has 0 saturated carbocycles. The summed E-state index contributed by atoms with van der Waals surface area (Å²) in [5.74, 6) is -0.275. The number of halogens is 1. The average molecular weight is 442 g/mol. The molecule has 7 nitrogen and oxygen atoms in total. The van der Waals surface area contributed by atoms with Crippen LogP contribution in [-0.2, 0) is 14.3 Å². The van der Waals surface area contributed by atoms with Gasteiger partial charge in [-0.1, -0.05) is 24.9 Å². The van der Waals surface area contributed by atoms with E-state index < -0.39 is 23.7 Å². The number of nitrogens with zero attached hydrogens (tertiary/aromatic N) is 1. The number of amides is 2. The minimum Gasteiger partial charge on any atom is -0.490 e. The SMILES string of the molecule is CCCCOC(=O)CN1C(=O)S/C(=C/c2cc(Cl)c(OCC)c(OCC)c2)C1=O. The smallest absolute Gasteiger partial charge is 0.326 e. The average Bonchev–Trinajstić information content (AvgIpc) is 2.92. The molecule has 0 unspecified atom stereocenters. The fourth-order valence-electron chi connectivity index (χ4n) is 2.51. The first-order chi connectivity index (χ1) is 13.9. The topological polar surface area (TPSA) is 82.1 Å². The van der Waals surface area contributed by atoms with Crippen LogP contribution >= 0.6 is 23.4 Å². The summed E-state index contributed by atoms with van der Waals surface area (Å²) >= 11 is 7.06. The van der Waals surface area contributed by atoms with Crippen LogP contribution < -0.4 is 9.47 Å². The summed E-state index contributed by atoms with van der Waals surface area (Å²) in [5.41, 5.74) is 0.581. The van der Waals surface area contributed by atoms with Gasteiger partial charge in [-0.3, -0.25) is 19.3 Å². The first kappa shape index (κ1) is 23.1. The second kappa shape index (κ2) is 11.1. The standard InChI is InChI=1S/C20H24ClNO6S/c1-4-7-8-28-17(23)12-22-19(24)16(29-20(22)25)11-13-9-14(21)18(27-6-3)15(10-13)26-5-2/h9-11H,4-8,12H2,1-3H3/b16-11+. The Morgan fingerprint density at radius 1 is 1.17 bits per heavy atom. The second-order valence-electron chi connectivity index (χ2n) is 6.04. The summed E-state index contributed by atoms with van der Waals surface area (Å²) in [7, 11) is 0.